The first-order valence-electron chi connectivity index (χ1n) is 8.61. The third kappa shape index (κ3) is 3.90. The number of ether oxygens (including phenoxy) is 1. The number of carbonyl (C=O) groups excluding carboxylic acids is 3. The lowest BCUT2D eigenvalue weighted by Crippen LogP contribution is -2.50. The van der Waals surface area contributed by atoms with Crippen molar-refractivity contribution in [2.75, 3.05) is 4.90 Å². The molecule has 2 amide bonds. The van der Waals surface area contributed by atoms with Gasteiger partial charge in [-0.25, -0.2) is 14.1 Å². The molecule has 0 aliphatic carbocycles. The van der Waals surface area contributed by atoms with E-state index in [0.29, 0.717) is 0 Å². The topological polar surface area (TPSA) is 63.7 Å². The van der Waals surface area contributed by atoms with Crippen LogP contribution in [-0.4, -0.2) is 23.9 Å². The number of benzene rings is 1. The van der Waals surface area contributed by atoms with Gasteiger partial charge in [-0.1, -0.05) is 32.4 Å². The van der Waals surface area contributed by atoms with Crippen molar-refractivity contribution in [3.8, 4) is 0 Å². The number of esters is 1. The summed E-state index contributed by atoms with van der Waals surface area (Å²) < 4.78 is 19.6. The molecule has 0 N–H and O–H groups in total. The summed E-state index contributed by atoms with van der Waals surface area (Å²) in [6.45, 7) is 8.96. The molecule has 2 rings (SSSR count). The van der Waals surface area contributed by atoms with Crippen molar-refractivity contribution in [3.05, 3.63) is 28.5 Å². The average Bonchev–Trinajstić information content (AvgIpc) is 2.51. The summed E-state index contributed by atoms with van der Waals surface area (Å²) in [6.07, 6.45) is -0.254. The van der Waals surface area contributed by atoms with Crippen LogP contribution in [0, 0.1) is 23.6 Å². The van der Waals surface area contributed by atoms with Crippen LogP contribution in [0.4, 0.5) is 10.1 Å². The maximum Gasteiger partial charge on any atom is 0.339 e. The van der Waals surface area contributed by atoms with Crippen LogP contribution >= 0.6 is 11.6 Å². The highest BCUT2D eigenvalue weighted by molar-refractivity contribution is 6.34. The zero-order valence-corrected chi connectivity index (χ0v) is 16.3. The summed E-state index contributed by atoms with van der Waals surface area (Å²) in [5.74, 6) is -2.95. The molecule has 0 radical (unpaired) electrons. The molecule has 0 saturated carbocycles. The quantitative estimate of drug-likeness (QED) is 0.577. The number of hydrogen-bond donors (Lipinski definition) is 0. The molecule has 0 aromatic heterocycles. The molecule has 142 valence electrons. The van der Waals surface area contributed by atoms with Gasteiger partial charge in [-0.3, -0.25) is 9.59 Å². The largest absolute Gasteiger partial charge is 0.459 e. The van der Waals surface area contributed by atoms with Crippen molar-refractivity contribution in [1.82, 2.24) is 0 Å². The standard InChI is InChI=1S/C19H23ClFNO4/c1-9(2)12-7-17(23)22(18(24)11(12)5)16-6-13(14(20)8-15(16)21)19(25)26-10(3)4/h6,8-12H,7H2,1-5H3. The molecule has 1 aromatic carbocycles. The van der Waals surface area contributed by atoms with Crippen LogP contribution in [0.25, 0.3) is 0 Å². The van der Waals surface area contributed by atoms with Crippen molar-refractivity contribution in [2.24, 2.45) is 17.8 Å². The van der Waals surface area contributed by atoms with E-state index in [2.05, 4.69) is 0 Å². The monoisotopic (exact) mass is 383 g/mol. The number of piperidine rings is 1. The molecule has 1 aromatic rings. The molecule has 1 heterocycles. The molecule has 0 spiro atoms. The number of carbonyl (C=O) groups is 3. The predicted octanol–water partition coefficient (Wildman–Crippen LogP) is 4.22. The van der Waals surface area contributed by atoms with E-state index < -0.39 is 35.6 Å². The molecule has 1 aliphatic rings. The maximum absolute atomic E-state index is 14.5. The molecular weight excluding hydrogens is 361 g/mol. The molecule has 0 bridgehead atoms. The van der Waals surface area contributed by atoms with Crippen LogP contribution in [0.1, 0.15) is 51.4 Å². The predicted molar refractivity (Wildman–Crippen MR) is 96.6 cm³/mol. The Morgan fingerprint density at radius 2 is 1.88 bits per heavy atom. The van der Waals surface area contributed by atoms with Crippen LogP contribution in [0.2, 0.25) is 5.02 Å². The lowest BCUT2D eigenvalue weighted by atomic mass is 9.78. The van der Waals surface area contributed by atoms with Gasteiger partial charge in [0.2, 0.25) is 11.8 Å². The Hall–Kier alpha value is -1.95. The summed E-state index contributed by atoms with van der Waals surface area (Å²) in [7, 11) is 0. The smallest absolute Gasteiger partial charge is 0.339 e. The normalized spacial score (nSPS) is 20.9. The number of hydrogen-bond acceptors (Lipinski definition) is 4. The van der Waals surface area contributed by atoms with Gasteiger partial charge in [0.25, 0.3) is 0 Å². The number of rotatable bonds is 4. The van der Waals surface area contributed by atoms with Crippen LogP contribution in [0.3, 0.4) is 0 Å². The van der Waals surface area contributed by atoms with Gasteiger partial charge in [0.15, 0.2) is 0 Å². The van der Waals surface area contributed by atoms with E-state index in [0.717, 1.165) is 17.0 Å². The highest BCUT2D eigenvalue weighted by Crippen LogP contribution is 2.36. The van der Waals surface area contributed by atoms with Gasteiger partial charge in [-0.05, 0) is 37.8 Å². The summed E-state index contributed by atoms with van der Waals surface area (Å²) in [6, 6.07) is 2.04. The van der Waals surface area contributed by atoms with E-state index in [4.69, 9.17) is 16.3 Å². The van der Waals surface area contributed by atoms with E-state index in [1.54, 1.807) is 20.8 Å². The first-order chi connectivity index (χ1) is 12.0. The summed E-state index contributed by atoms with van der Waals surface area (Å²) in [5.41, 5.74) is -0.356. The van der Waals surface area contributed by atoms with Crippen molar-refractivity contribution in [1.29, 1.82) is 0 Å². The number of anilines is 1. The third-order valence-corrected chi connectivity index (χ3v) is 4.92. The van der Waals surface area contributed by atoms with Crippen molar-refractivity contribution < 1.29 is 23.5 Å². The number of amides is 2. The van der Waals surface area contributed by atoms with E-state index in [1.807, 2.05) is 13.8 Å². The zero-order chi connectivity index (χ0) is 19.8. The Morgan fingerprint density at radius 1 is 1.27 bits per heavy atom. The van der Waals surface area contributed by atoms with Gasteiger partial charge < -0.3 is 4.74 Å². The highest BCUT2D eigenvalue weighted by Gasteiger charge is 2.41. The molecule has 1 aliphatic heterocycles. The summed E-state index contributed by atoms with van der Waals surface area (Å²) in [4.78, 5) is 38.3. The first-order valence-corrected chi connectivity index (χ1v) is 8.99. The van der Waals surface area contributed by atoms with Crippen LogP contribution in [-0.2, 0) is 14.3 Å². The molecule has 1 fully saturated rings. The van der Waals surface area contributed by atoms with Crippen molar-refractivity contribution in [3.63, 3.8) is 0 Å². The fraction of sp³-hybridized carbons (Fsp3) is 0.526. The Labute approximate surface area is 157 Å². The fourth-order valence-corrected chi connectivity index (χ4v) is 3.42. The van der Waals surface area contributed by atoms with Gasteiger partial charge in [0.05, 0.1) is 22.4 Å². The second kappa shape index (κ2) is 7.74. The molecule has 2 atom stereocenters. The number of halogens is 2. The lowest BCUT2D eigenvalue weighted by molar-refractivity contribution is -0.135. The van der Waals surface area contributed by atoms with Crippen LogP contribution in [0.5, 0.6) is 0 Å². The van der Waals surface area contributed by atoms with Gasteiger partial charge in [-0.15, -0.1) is 0 Å². The molecule has 2 unspecified atom stereocenters. The van der Waals surface area contributed by atoms with E-state index in [1.165, 1.54) is 0 Å². The minimum atomic E-state index is -0.840. The lowest BCUT2D eigenvalue weighted by Gasteiger charge is -2.36. The van der Waals surface area contributed by atoms with E-state index in [-0.39, 0.29) is 34.5 Å². The SMILES string of the molecule is CC(C)OC(=O)c1cc(N2C(=O)CC(C(C)C)C(C)C2=O)c(F)cc1Cl. The number of imide groups is 1. The minimum absolute atomic E-state index is 0.0870. The van der Waals surface area contributed by atoms with Crippen molar-refractivity contribution >= 4 is 35.1 Å². The third-order valence-electron chi connectivity index (χ3n) is 4.61. The van der Waals surface area contributed by atoms with Crippen molar-refractivity contribution in [2.45, 2.75) is 47.1 Å². The summed E-state index contributed by atoms with van der Waals surface area (Å²) in [5, 5.41) is -0.137. The molecular formula is C19H23ClFNO4. The van der Waals surface area contributed by atoms with Gasteiger partial charge in [0.1, 0.15) is 5.82 Å². The number of nitrogens with zero attached hydrogens (tertiary/aromatic N) is 1. The fourth-order valence-electron chi connectivity index (χ4n) is 3.19. The molecule has 7 heteroatoms. The zero-order valence-electron chi connectivity index (χ0n) is 15.5. The molecule has 5 nitrogen and oxygen atoms in total. The van der Waals surface area contributed by atoms with E-state index in [9.17, 15) is 18.8 Å². The Balaban J connectivity index is 2.46. The minimum Gasteiger partial charge on any atom is -0.459 e. The maximum atomic E-state index is 14.5. The Kier molecular flexibility index (Phi) is 6.06. The van der Waals surface area contributed by atoms with E-state index >= 15 is 0 Å². The Bertz CT molecular complexity index is 747. The Morgan fingerprint density at radius 3 is 2.42 bits per heavy atom. The molecule has 26 heavy (non-hydrogen) atoms. The van der Waals surface area contributed by atoms with Gasteiger partial charge >= 0.3 is 5.97 Å². The summed E-state index contributed by atoms with van der Waals surface area (Å²) >= 11 is 5.96. The first kappa shape index (κ1) is 20.4. The van der Waals surface area contributed by atoms with Gasteiger partial charge in [0, 0.05) is 12.3 Å². The highest BCUT2D eigenvalue weighted by atomic mass is 35.5. The van der Waals surface area contributed by atoms with Gasteiger partial charge in [-0.2, -0.15) is 0 Å². The second-order valence-corrected chi connectivity index (χ2v) is 7.61. The second-order valence-electron chi connectivity index (χ2n) is 7.21. The molecule has 1 saturated heterocycles. The van der Waals surface area contributed by atoms with Crippen LogP contribution in [0.15, 0.2) is 12.1 Å². The average molecular weight is 384 g/mol. The van der Waals surface area contributed by atoms with Crippen LogP contribution < -0.4 is 4.90 Å².